The van der Waals surface area contributed by atoms with Crippen LogP contribution in [0.1, 0.15) is 50.1 Å². The topological polar surface area (TPSA) is 84.0 Å². The molecule has 128 valence electrons. The van der Waals surface area contributed by atoms with Crippen LogP contribution in [-0.4, -0.2) is 22.0 Å². The van der Waals surface area contributed by atoms with Gasteiger partial charge in [0.15, 0.2) is 0 Å². The monoisotopic (exact) mass is 346 g/mol. The summed E-state index contributed by atoms with van der Waals surface area (Å²) in [5.74, 6) is -0.135. The first-order valence-electron chi connectivity index (χ1n) is 8.00. The van der Waals surface area contributed by atoms with E-state index in [0.717, 1.165) is 22.7 Å². The molecule has 0 aliphatic carbocycles. The van der Waals surface area contributed by atoms with Gasteiger partial charge in [0.2, 0.25) is 16.9 Å². The molecule has 0 aliphatic heterocycles. The van der Waals surface area contributed by atoms with Gasteiger partial charge in [0.05, 0.1) is 0 Å². The van der Waals surface area contributed by atoms with Gasteiger partial charge in [0.1, 0.15) is 5.01 Å². The minimum Gasteiger partial charge on any atom is -0.326 e. The van der Waals surface area contributed by atoms with Crippen LogP contribution in [0.15, 0.2) is 24.3 Å². The molecule has 0 aliphatic rings. The van der Waals surface area contributed by atoms with Gasteiger partial charge in [-0.25, -0.2) is 0 Å². The molecule has 0 atom stereocenters. The summed E-state index contributed by atoms with van der Waals surface area (Å²) in [6.45, 7) is 6.07. The van der Waals surface area contributed by atoms with Gasteiger partial charge in [-0.05, 0) is 18.1 Å². The number of anilines is 2. The van der Waals surface area contributed by atoms with E-state index in [4.69, 9.17) is 0 Å². The fourth-order valence-electron chi connectivity index (χ4n) is 2.09. The van der Waals surface area contributed by atoms with E-state index in [9.17, 15) is 9.59 Å². The normalized spacial score (nSPS) is 10.7. The Morgan fingerprint density at radius 2 is 1.75 bits per heavy atom. The summed E-state index contributed by atoms with van der Waals surface area (Å²) in [4.78, 5) is 23.9. The summed E-state index contributed by atoms with van der Waals surface area (Å²) in [7, 11) is 0. The summed E-state index contributed by atoms with van der Waals surface area (Å²) in [5, 5.41) is 14.8. The molecule has 2 amide bonds. The minimum atomic E-state index is -0.236. The van der Waals surface area contributed by atoms with Gasteiger partial charge in [-0.2, -0.15) is 0 Å². The van der Waals surface area contributed by atoms with E-state index in [1.54, 1.807) is 0 Å². The van der Waals surface area contributed by atoms with Crippen LogP contribution in [0.4, 0.5) is 10.8 Å². The van der Waals surface area contributed by atoms with E-state index < -0.39 is 0 Å². The van der Waals surface area contributed by atoms with Crippen LogP contribution in [-0.2, 0) is 16.0 Å². The van der Waals surface area contributed by atoms with E-state index in [2.05, 4.69) is 20.8 Å². The van der Waals surface area contributed by atoms with E-state index in [1.807, 2.05) is 45.0 Å². The first-order valence-corrected chi connectivity index (χ1v) is 8.82. The molecular formula is C17H22N4O2S. The molecule has 0 radical (unpaired) electrons. The highest BCUT2D eigenvalue weighted by Crippen LogP contribution is 2.22. The highest BCUT2D eigenvalue weighted by Gasteiger charge is 2.12. The Morgan fingerprint density at radius 1 is 1.08 bits per heavy atom. The second-order valence-electron chi connectivity index (χ2n) is 5.71. The zero-order chi connectivity index (χ0) is 17.5. The molecule has 2 aromatic rings. The number of nitrogens with zero attached hydrogens (tertiary/aromatic N) is 2. The first kappa shape index (κ1) is 18.1. The SMILES string of the molecule is CCc1ccccc1NC(=O)CCC(=O)Nc1nnc(C(C)C)s1. The molecule has 0 unspecified atom stereocenters. The summed E-state index contributed by atoms with van der Waals surface area (Å²) >= 11 is 1.36. The van der Waals surface area contributed by atoms with Gasteiger partial charge in [-0.15, -0.1) is 10.2 Å². The molecule has 2 N–H and O–H groups in total. The van der Waals surface area contributed by atoms with Crippen molar-refractivity contribution in [1.29, 1.82) is 0 Å². The Hall–Kier alpha value is -2.28. The molecule has 0 saturated heterocycles. The summed E-state index contributed by atoms with van der Waals surface area (Å²) < 4.78 is 0. The lowest BCUT2D eigenvalue weighted by molar-refractivity contribution is -0.121. The van der Waals surface area contributed by atoms with Gasteiger partial charge >= 0.3 is 0 Å². The largest absolute Gasteiger partial charge is 0.326 e. The molecule has 0 spiro atoms. The number of rotatable bonds is 7. The third-order valence-electron chi connectivity index (χ3n) is 3.43. The number of carbonyl (C=O) groups excluding carboxylic acids is 2. The number of hydrogen-bond donors (Lipinski definition) is 2. The zero-order valence-corrected chi connectivity index (χ0v) is 14.9. The lowest BCUT2D eigenvalue weighted by atomic mass is 10.1. The van der Waals surface area contributed by atoms with Gasteiger partial charge < -0.3 is 10.6 Å². The summed E-state index contributed by atoms with van der Waals surface area (Å²) in [5.41, 5.74) is 1.88. The lowest BCUT2D eigenvalue weighted by Gasteiger charge is -2.09. The molecule has 2 rings (SSSR count). The molecule has 7 heteroatoms. The molecule has 0 bridgehead atoms. The van der Waals surface area contributed by atoms with Crippen molar-refractivity contribution in [3.8, 4) is 0 Å². The van der Waals surface area contributed by atoms with Crippen molar-refractivity contribution < 1.29 is 9.59 Å². The fourth-order valence-corrected chi connectivity index (χ4v) is 2.85. The number of aryl methyl sites for hydroxylation is 1. The molecule has 1 heterocycles. The summed E-state index contributed by atoms with van der Waals surface area (Å²) in [6, 6.07) is 7.66. The molecular weight excluding hydrogens is 324 g/mol. The number of carbonyl (C=O) groups is 2. The number of amides is 2. The van der Waals surface area contributed by atoms with Crippen molar-refractivity contribution in [2.45, 2.75) is 46.0 Å². The van der Waals surface area contributed by atoms with E-state index in [1.165, 1.54) is 11.3 Å². The van der Waals surface area contributed by atoms with Crippen LogP contribution >= 0.6 is 11.3 Å². The third-order valence-corrected chi connectivity index (χ3v) is 4.57. The maximum atomic E-state index is 12.0. The quantitative estimate of drug-likeness (QED) is 0.802. The third kappa shape index (κ3) is 5.13. The predicted molar refractivity (Wildman–Crippen MR) is 96.3 cm³/mol. The minimum absolute atomic E-state index is 0.108. The highest BCUT2D eigenvalue weighted by molar-refractivity contribution is 7.15. The highest BCUT2D eigenvalue weighted by atomic mass is 32.1. The molecule has 24 heavy (non-hydrogen) atoms. The van der Waals surface area contributed by atoms with Crippen LogP contribution in [0, 0.1) is 0 Å². The van der Waals surface area contributed by atoms with Crippen molar-refractivity contribution in [2.24, 2.45) is 0 Å². The van der Waals surface area contributed by atoms with Crippen molar-refractivity contribution in [3.05, 3.63) is 34.8 Å². The number of aromatic nitrogens is 2. The maximum Gasteiger partial charge on any atom is 0.226 e. The smallest absolute Gasteiger partial charge is 0.226 e. The molecule has 0 fully saturated rings. The van der Waals surface area contributed by atoms with Crippen molar-refractivity contribution in [1.82, 2.24) is 10.2 Å². The van der Waals surface area contributed by atoms with Gasteiger partial charge in [-0.1, -0.05) is 50.3 Å². The predicted octanol–water partition coefficient (Wildman–Crippen LogP) is 3.58. The second kappa shape index (κ2) is 8.54. The Morgan fingerprint density at radius 3 is 2.38 bits per heavy atom. The second-order valence-corrected chi connectivity index (χ2v) is 6.72. The van der Waals surface area contributed by atoms with Gasteiger partial charge in [-0.3, -0.25) is 9.59 Å². The Balaban J connectivity index is 1.81. The van der Waals surface area contributed by atoms with E-state index in [0.29, 0.717) is 5.13 Å². The van der Waals surface area contributed by atoms with Crippen molar-refractivity contribution in [3.63, 3.8) is 0 Å². The van der Waals surface area contributed by atoms with Crippen molar-refractivity contribution >= 4 is 34.0 Å². The number of para-hydroxylation sites is 1. The maximum absolute atomic E-state index is 12.0. The lowest BCUT2D eigenvalue weighted by Crippen LogP contribution is -2.17. The average molecular weight is 346 g/mol. The number of nitrogens with one attached hydrogen (secondary N) is 2. The fraction of sp³-hybridized carbons (Fsp3) is 0.412. The molecule has 1 aromatic heterocycles. The van der Waals surface area contributed by atoms with Crippen molar-refractivity contribution in [2.75, 3.05) is 10.6 Å². The molecule has 1 aromatic carbocycles. The Bertz CT molecular complexity index is 712. The van der Waals surface area contributed by atoms with Gasteiger partial charge in [0.25, 0.3) is 0 Å². The van der Waals surface area contributed by atoms with Crippen LogP contribution in [0.5, 0.6) is 0 Å². The first-order chi connectivity index (χ1) is 11.5. The number of benzene rings is 1. The Kier molecular flexibility index (Phi) is 6.43. The van der Waals surface area contributed by atoms with Crippen LogP contribution in [0.2, 0.25) is 0 Å². The Labute approximate surface area is 145 Å². The van der Waals surface area contributed by atoms with Crippen LogP contribution in [0.3, 0.4) is 0 Å². The zero-order valence-electron chi connectivity index (χ0n) is 14.1. The average Bonchev–Trinajstić information content (AvgIpc) is 3.02. The summed E-state index contributed by atoms with van der Waals surface area (Å²) in [6.07, 6.45) is 1.07. The molecule has 0 saturated carbocycles. The number of hydrogen-bond acceptors (Lipinski definition) is 5. The van der Waals surface area contributed by atoms with Crippen LogP contribution < -0.4 is 10.6 Å². The van der Waals surface area contributed by atoms with E-state index >= 15 is 0 Å². The van der Waals surface area contributed by atoms with Crippen LogP contribution in [0.25, 0.3) is 0 Å². The van der Waals surface area contributed by atoms with Gasteiger partial charge in [0, 0.05) is 24.4 Å². The van der Waals surface area contributed by atoms with E-state index in [-0.39, 0.29) is 30.6 Å². The molecule has 6 nitrogen and oxygen atoms in total. The standard InChI is InChI=1S/C17H22N4O2S/c1-4-12-7-5-6-8-13(12)18-14(22)9-10-15(23)19-17-21-20-16(24-17)11(2)3/h5-8,11H,4,9-10H2,1-3H3,(H,18,22)(H,19,21,23).